The molecule has 1 fully saturated rings. The molecule has 0 radical (unpaired) electrons. The molecule has 0 aliphatic carbocycles. The number of hydrogen-bond acceptors (Lipinski definition) is 6. The van der Waals surface area contributed by atoms with Gasteiger partial charge in [-0.2, -0.15) is 0 Å². The number of pyridine rings is 1. The van der Waals surface area contributed by atoms with Gasteiger partial charge in [-0.1, -0.05) is 19.9 Å². The van der Waals surface area contributed by atoms with Crippen molar-refractivity contribution in [2.75, 3.05) is 6.61 Å². The third-order valence-electron chi connectivity index (χ3n) is 3.69. The first kappa shape index (κ1) is 15.6. The number of cyclic esters (lactones) is 1. The Hall–Kier alpha value is -2.28. The Kier molecular flexibility index (Phi) is 4.12. The van der Waals surface area contributed by atoms with Crippen LogP contribution < -0.4 is 5.32 Å². The summed E-state index contributed by atoms with van der Waals surface area (Å²) >= 11 is 1.44. The fourth-order valence-corrected chi connectivity index (χ4v) is 3.16. The van der Waals surface area contributed by atoms with Gasteiger partial charge in [-0.3, -0.25) is 9.78 Å². The van der Waals surface area contributed by atoms with E-state index in [0.717, 1.165) is 10.7 Å². The molecule has 1 N–H and O–H groups in total. The molecule has 3 heterocycles. The van der Waals surface area contributed by atoms with E-state index in [9.17, 15) is 9.59 Å². The predicted molar refractivity (Wildman–Crippen MR) is 85.7 cm³/mol. The number of esters is 1. The van der Waals surface area contributed by atoms with Gasteiger partial charge in [-0.25, -0.2) is 9.78 Å². The number of ether oxygens (including phenoxy) is 1. The summed E-state index contributed by atoms with van der Waals surface area (Å²) in [6.07, 6.45) is 1.83. The molecule has 1 saturated heterocycles. The van der Waals surface area contributed by atoms with Crippen LogP contribution in [0.15, 0.2) is 29.8 Å². The van der Waals surface area contributed by atoms with E-state index in [2.05, 4.69) is 15.3 Å². The minimum Gasteiger partial charge on any atom is -0.463 e. The van der Waals surface area contributed by atoms with E-state index in [4.69, 9.17) is 4.74 Å². The second-order valence-corrected chi connectivity index (χ2v) is 6.99. The molecule has 3 rings (SSSR count). The normalized spacial score (nSPS) is 19.4. The lowest BCUT2D eigenvalue weighted by atomic mass is 9.87. The Labute approximate surface area is 137 Å². The molecule has 0 spiro atoms. The number of nitrogens with one attached hydrogen (secondary N) is 1. The SMILES string of the molecule is CC1(C)COC(=O)[C@H]1NC(=O)Cc1csc(-c2ccccn2)n1. The number of hydrogen-bond donors (Lipinski definition) is 1. The molecule has 0 aromatic carbocycles. The molecule has 7 heteroatoms. The lowest BCUT2D eigenvalue weighted by Gasteiger charge is -2.22. The molecule has 2 aromatic rings. The Balaban J connectivity index is 1.65. The van der Waals surface area contributed by atoms with Crippen LogP contribution in [0, 0.1) is 5.41 Å². The standard InChI is InChI=1S/C16H17N3O3S/c1-16(2)9-22-15(21)13(16)19-12(20)7-10-8-23-14(18-10)11-5-3-4-6-17-11/h3-6,8,13H,7,9H2,1-2H3,(H,19,20)/t13-/m1/s1. The van der Waals surface area contributed by atoms with Crippen molar-refractivity contribution in [3.63, 3.8) is 0 Å². The van der Waals surface area contributed by atoms with Crippen LogP contribution in [0.2, 0.25) is 0 Å². The Morgan fingerprint density at radius 1 is 1.48 bits per heavy atom. The molecule has 0 unspecified atom stereocenters. The summed E-state index contributed by atoms with van der Waals surface area (Å²) in [5, 5.41) is 5.36. The van der Waals surface area contributed by atoms with Crippen molar-refractivity contribution < 1.29 is 14.3 Å². The fourth-order valence-electron chi connectivity index (χ4n) is 2.37. The van der Waals surface area contributed by atoms with E-state index in [1.807, 2.05) is 37.4 Å². The molecular weight excluding hydrogens is 314 g/mol. The number of amides is 1. The number of rotatable bonds is 4. The lowest BCUT2D eigenvalue weighted by Crippen LogP contribution is -2.46. The van der Waals surface area contributed by atoms with Crippen molar-refractivity contribution in [1.29, 1.82) is 0 Å². The summed E-state index contributed by atoms with van der Waals surface area (Å²) in [5.74, 6) is -0.615. The third kappa shape index (κ3) is 3.39. The summed E-state index contributed by atoms with van der Waals surface area (Å²) in [5.41, 5.74) is 1.05. The maximum absolute atomic E-state index is 12.2. The minimum absolute atomic E-state index is 0.128. The molecule has 1 aliphatic rings. The van der Waals surface area contributed by atoms with Crippen molar-refractivity contribution in [3.05, 3.63) is 35.5 Å². The first-order chi connectivity index (χ1) is 11.0. The summed E-state index contributed by atoms with van der Waals surface area (Å²) in [6.45, 7) is 4.10. The van der Waals surface area contributed by atoms with Gasteiger partial charge in [-0.05, 0) is 12.1 Å². The minimum atomic E-state index is -0.608. The van der Waals surface area contributed by atoms with Crippen molar-refractivity contribution in [3.8, 4) is 10.7 Å². The van der Waals surface area contributed by atoms with Crippen LogP contribution in [0.25, 0.3) is 10.7 Å². The largest absolute Gasteiger partial charge is 0.463 e. The second-order valence-electron chi connectivity index (χ2n) is 6.13. The van der Waals surface area contributed by atoms with Crippen LogP contribution in [-0.2, 0) is 20.7 Å². The Morgan fingerprint density at radius 2 is 2.30 bits per heavy atom. The number of aromatic nitrogens is 2. The van der Waals surface area contributed by atoms with Gasteiger partial charge >= 0.3 is 5.97 Å². The summed E-state index contributed by atoms with van der Waals surface area (Å²) < 4.78 is 5.02. The maximum atomic E-state index is 12.2. The maximum Gasteiger partial charge on any atom is 0.329 e. The molecule has 1 aliphatic heterocycles. The monoisotopic (exact) mass is 331 g/mol. The topological polar surface area (TPSA) is 81.2 Å². The van der Waals surface area contributed by atoms with E-state index in [-0.39, 0.29) is 18.3 Å². The number of nitrogens with zero attached hydrogens (tertiary/aromatic N) is 2. The van der Waals surface area contributed by atoms with Gasteiger partial charge < -0.3 is 10.1 Å². The number of carbonyl (C=O) groups excluding carboxylic acids is 2. The molecule has 23 heavy (non-hydrogen) atoms. The van der Waals surface area contributed by atoms with Crippen LogP contribution in [-0.4, -0.2) is 34.5 Å². The van der Waals surface area contributed by atoms with Crippen LogP contribution in [0.4, 0.5) is 0 Å². The van der Waals surface area contributed by atoms with E-state index in [0.29, 0.717) is 12.3 Å². The summed E-state index contributed by atoms with van der Waals surface area (Å²) in [7, 11) is 0. The molecule has 0 saturated carbocycles. The highest BCUT2D eigenvalue weighted by atomic mass is 32.1. The van der Waals surface area contributed by atoms with Gasteiger partial charge in [0.1, 0.15) is 11.0 Å². The predicted octanol–water partition coefficient (Wildman–Crippen LogP) is 1.82. The zero-order chi connectivity index (χ0) is 16.4. The smallest absolute Gasteiger partial charge is 0.329 e. The Bertz CT molecular complexity index is 727. The average molecular weight is 331 g/mol. The van der Waals surface area contributed by atoms with Crippen LogP contribution in [0.5, 0.6) is 0 Å². The third-order valence-corrected chi connectivity index (χ3v) is 4.60. The van der Waals surface area contributed by atoms with Crippen LogP contribution in [0.3, 0.4) is 0 Å². The van der Waals surface area contributed by atoms with E-state index in [1.165, 1.54) is 11.3 Å². The fraction of sp³-hybridized carbons (Fsp3) is 0.375. The van der Waals surface area contributed by atoms with Gasteiger partial charge in [0.2, 0.25) is 5.91 Å². The second kappa shape index (κ2) is 6.08. The molecule has 2 aromatic heterocycles. The zero-order valence-corrected chi connectivity index (χ0v) is 13.7. The first-order valence-electron chi connectivity index (χ1n) is 7.27. The number of thiazole rings is 1. The number of carbonyl (C=O) groups is 2. The summed E-state index contributed by atoms with van der Waals surface area (Å²) in [4.78, 5) is 32.6. The van der Waals surface area contributed by atoms with Gasteiger partial charge in [0, 0.05) is 17.0 Å². The van der Waals surface area contributed by atoms with Crippen molar-refractivity contribution in [2.45, 2.75) is 26.3 Å². The quantitative estimate of drug-likeness (QED) is 0.864. The highest BCUT2D eigenvalue weighted by Crippen LogP contribution is 2.28. The van der Waals surface area contributed by atoms with Crippen LogP contribution >= 0.6 is 11.3 Å². The molecule has 6 nitrogen and oxygen atoms in total. The molecule has 1 amide bonds. The van der Waals surface area contributed by atoms with Crippen molar-refractivity contribution in [1.82, 2.24) is 15.3 Å². The van der Waals surface area contributed by atoms with E-state index >= 15 is 0 Å². The van der Waals surface area contributed by atoms with Crippen LogP contribution in [0.1, 0.15) is 19.5 Å². The Morgan fingerprint density at radius 3 is 2.96 bits per heavy atom. The van der Waals surface area contributed by atoms with Crippen molar-refractivity contribution >= 4 is 23.2 Å². The van der Waals surface area contributed by atoms with E-state index < -0.39 is 11.5 Å². The molecule has 120 valence electrons. The van der Waals surface area contributed by atoms with Gasteiger partial charge in [-0.15, -0.1) is 11.3 Å². The van der Waals surface area contributed by atoms with Gasteiger partial charge in [0.05, 0.1) is 24.4 Å². The molecular formula is C16H17N3O3S. The van der Waals surface area contributed by atoms with Gasteiger partial charge in [0.25, 0.3) is 0 Å². The first-order valence-corrected chi connectivity index (χ1v) is 8.15. The molecule has 1 atom stereocenters. The van der Waals surface area contributed by atoms with Gasteiger partial charge in [0.15, 0.2) is 0 Å². The highest BCUT2D eigenvalue weighted by molar-refractivity contribution is 7.13. The highest BCUT2D eigenvalue weighted by Gasteiger charge is 2.44. The zero-order valence-electron chi connectivity index (χ0n) is 12.9. The van der Waals surface area contributed by atoms with E-state index in [1.54, 1.807) is 6.20 Å². The lowest BCUT2D eigenvalue weighted by molar-refractivity contribution is -0.141. The van der Waals surface area contributed by atoms with Crippen molar-refractivity contribution in [2.24, 2.45) is 5.41 Å². The average Bonchev–Trinajstić information content (AvgIpc) is 3.08. The summed E-state index contributed by atoms with van der Waals surface area (Å²) in [6, 6.07) is 5.00. The molecule has 0 bridgehead atoms.